The third kappa shape index (κ3) is 1.13. The van der Waals surface area contributed by atoms with E-state index >= 15 is 0 Å². The topological polar surface area (TPSA) is 0 Å². The highest BCUT2D eigenvalue weighted by Crippen LogP contribution is 2.31. The summed E-state index contributed by atoms with van der Waals surface area (Å²) in [5, 5.41) is 0. The van der Waals surface area contributed by atoms with E-state index in [1.54, 1.807) is 5.57 Å². The molecule has 0 radical (unpaired) electrons. The summed E-state index contributed by atoms with van der Waals surface area (Å²) in [6, 6.07) is 0. The quantitative estimate of drug-likeness (QED) is 0.573. The minimum Gasteiger partial charge on any atom is -0.0616 e. The van der Waals surface area contributed by atoms with Crippen LogP contribution in [0.4, 0.5) is 0 Å². The molecule has 0 bridgehead atoms. The summed E-state index contributed by atoms with van der Waals surface area (Å²) in [6.07, 6.45) is 5.21. The molecule has 0 aromatic rings. The van der Waals surface area contributed by atoms with Crippen LogP contribution in [-0.2, 0) is 0 Å². The molecule has 0 nitrogen and oxygen atoms in total. The Kier molecular flexibility index (Phi) is 2.12. The van der Waals surface area contributed by atoms with Crippen LogP contribution >= 0.6 is 15.9 Å². The van der Waals surface area contributed by atoms with Crippen molar-refractivity contribution in [3.8, 4) is 0 Å². The van der Waals surface area contributed by atoms with Gasteiger partial charge < -0.3 is 0 Å². The normalized spacial score (nSPS) is 20.2. The van der Waals surface area contributed by atoms with Gasteiger partial charge in [0.05, 0.1) is 0 Å². The number of halogens is 1. The molecule has 0 aromatic carbocycles. The van der Waals surface area contributed by atoms with Gasteiger partial charge in [0, 0.05) is 0 Å². The molecule has 0 saturated heterocycles. The van der Waals surface area contributed by atoms with E-state index in [0.717, 1.165) is 0 Å². The van der Waals surface area contributed by atoms with E-state index in [9.17, 15) is 0 Å². The fraction of sp³-hybridized carbons (Fsp3) is 0.714. The molecule has 0 saturated carbocycles. The van der Waals surface area contributed by atoms with Crippen LogP contribution in [0.3, 0.4) is 0 Å². The Hall–Kier alpha value is 0.220. The van der Waals surface area contributed by atoms with E-state index in [2.05, 4.69) is 22.9 Å². The maximum atomic E-state index is 3.54. The molecule has 0 spiro atoms. The van der Waals surface area contributed by atoms with Crippen molar-refractivity contribution in [1.29, 1.82) is 0 Å². The predicted molar refractivity (Wildman–Crippen MR) is 40.1 cm³/mol. The lowest BCUT2D eigenvalue weighted by Gasteiger charge is -1.92. The number of rotatable bonds is 1. The highest BCUT2D eigenvalue weighted by Gasteiger charge is 2.08. The average Bonchev–Trinajstić information content (AvgIpc) is 2.14. The average molecular weight is 175 g/mol. The Bertz CT molecular complexity index is 114. The molecule has 1 aliphatic rings. The van der Waals surface area contributed by atoms with Crippen molar-refractivity contribution in [2.45, 2.75) is 32.6 Å². The molecule has 1 rings (SSSR count). The zero-order chi connectivity index (χ0) is 5.98. The molecule has 0 unspecified atom stereocenters. The largest absolute Gasteiger partial charge is 0.0616 e. The molecule has 1 aliphatic carbocycles. The summed E-state index contributed by atoms with van der Waals surface area (Å²) in [7, 11) is 0. The zero-order valence-electron chi connectivity index (χ0n) is 5.21. The molecule has 0 fully saturated rings. The van der Waals surface area contributed by atoms with Crippen LogP contribution in [0.2, 0.25) is 0 Å². The third-order valence-corrected chi connectivity index (χ3v) is 2.64. The van der Waals surface area contributed by atoms with Gasteiger partial charge in [-0.3, -0.25) is 0 Å². The van der Waals surface area contributed by atoms with Crippen molar-refractivity contribution in [3.05, 3.63) is 10.1 Å². The lowest BCUT2D eigenvalue weighted by atomic mass is 10.2. The maximum Gasteiger partial charge on any atom is -0.00573 e. The van der Waals surface area contributed by atoms with E-state index in [0.29, 0.717) is 0 Å². The Morgan fingerprint density at radius 3 is 2.50 bits per heavy atom. The number of hydrogen-bond acceptors (Lipinski definition) is 0. The second-order valence-corrected chi connectivity index (χ2v) is 3.17. The molecule has 0 heterocycles. The molecule has 1 heteroatoms. The first-order valence-electron chi connectivity index (χ1n) is 3.21. The Labute approximate surface area is 59.1 Å². The molecule has 46 valence electrons. The van der Waals surface area contributed by atoms with Crippen LogP contribution in [0.25, 0.3) is 0 Å². The van der Waals surface area contributed by atoms with Crippen molar-refractivity contribution < 1.29 is 0 Å². The van der Waals surface area contributed by atoms with Gasteiger partial charge in [0.2, 0.25) is 0 Å². The lowest BCUT2D eigenvalue weighted by Crippen LogP contribution is -1.71. The molecule has 0 atom stereocenters. The van der Waals surface area contributed by atoms with Crippen molar-refractivity contribution in [3.63, 3.8) is 0 Å². The first-order chi connectivity index (χ1) is 3.84. The molecular weight excluding hydrogens is 164 g/mol. The summed E-state index contributed by atoms with van der Waals surface area (Å²) in [6.45, 7) is 2.22. The fourth-order valence-electron chi connectivity index (χ4n) is 1.14. The van der Waals surface area contributed by atoms with E-state index < -0.39 is 0 Å². The zero-order valence-corrected chi connectivity index (χ0v) is 6.79. The molecule has 0 N–H and O–H groups in total. The molecule has 0 amide bonds. The molecular formula is C7H11Br. The first kappa shape index (κ1) is 6.34. The fourth-order valence-corrected chi connectivity index (χ4v) is 1.90. The van der Waals surface area contributed by atoms with Gasteiger partial charge in [0.25, 0.3) is 0 Å². The first-order valence-corrected chi connectivity index (χ1v) is 4.00. The van der Waals surface area contributed by atoms with E-state index in [-0.39, 0.29) is 0 Å². The van der Waals surface area contributed by atoms with Crippen molar-refractivity contribution in [1.82, 2.24) is 0 Å². The van der Waals surface area contributed by atoms with Gasteiger partial charge in [-0.15, -0.1) is 0 Å². The van der Waals surface area contributed by atoms with Crippen molar-refractivity contribution in [2.24, 2.45) is 0 Å². The Morgan fingerprint density at radius 1 is 1.50 bits per heavy atom. The van der Waals surface area contributed by atoms with Gasteiger partial charge in [0.15, 0.2) is 0 Å². The third-order valence-electron chi connectivity index (χ3n) is 1.69. The monoisotopic (exact) mass is 174 g/mol. The summed E-state index contributed by atoms with van der Waals surface area (Å²) in [5.41, 5.74) is 1.63. The molecule has 8 heavy (non-hydrogen) atoms. The number of hydrogen-bond donors (Lipinski definition) is 0. The van der Waals surface area contributed by atoms with E-state index in [1.165, 1.54) is 30.2 Å². The van der Waals surface area contributed by atoms with Crippen LogP contribution < -0.4 is 0 Å². The molecule has 0 aliphatic heterocycles. The second-order valence-electron chi connectivity index (χ2n) is 2.22. The smallest absolute Gasteiger partial charge is 0.00573 e. The Morgan fingerprint density at radius 2 is 2.25 bits per heavy atom. The van der Waals surface area contributed by atoms with Crippen LogP contribution in [0.15, 0.2) is 10.1 Å². The lowest BCUT2D eigenvalue weighted by molar-refractivity contribution is 0.879. The minimum absolute atomic E-state index is 1.24. The van der Waals surface area contributed by atoms with Gasteiger partial charge in [-0.05, 0) is 30.2 Å². The van der Waals surface area contributed by atoms with Gasteiger partial charge >= 0.3 is 0 Å². The van der Waals surface area contributed by atoms with Gasteiger partial charge in [-0.2, -0.15) is 0 Å². The van der Waals surface area contributed by atoms with Crippen LogP contribution in [-0.4, -0.2) is 0 Å². The van der Waals surface area contributed by atoms with Gasteiger partial charge in [-0.25, -0.2) is 0 Å². The number of allylic oxidation sites excluding steroid dienone is 2. The van der Waals surface area contributed by atoms with Gasteiger partial charge in [-0.1, -0.05) is 28.4 Å². The maximum absolute atomic E-state index is 3.54. The highest BCUT2D eigenvalue weighted by molar-refractivity contribution is 9.11. The summed E-state index contributed by atoms with van der Waals surface area (Å²) in [5.74, 6) is 0. The summed E-state index contributed by atoms with van der Waals surface area (Å²) < 4.78 is 1.47. The molecule has 0 aromatic heterocycles. The van der Waals surface area contributed by atoms with Crippen LogP contribution in [0.1, 0.15) is 32.6 Å². The van der Waals surface area contributed by atoms with E-state index in [1.807, 2.05) is 0 Å². The van der Waals surface area contributed by atoms with Crippen molar-refractivity contribution in [2.75, 3.05) is 0 Å². The standard InChI is InChI=1S/C7H11Br/c1-2-6-4-3-5-7(6)8/h2-5H2,1H3. The van der Waals surface area contributed by atoms with Gasteiger partial charge in [0.1, 0.15) is 0 Å². The SMILES string of the molecule is CCC1=C(Br)CCC1. The summed E-state index contributed by atoms with van der Waals surface area (Å²) in [4.78, 5) is 0. The van der Waals surface area contributed by atoms with Crippen LogP contribution in [0, 0.1) is 0 Å². The predicted octanol–water partition coefficient (Wildman–Crippen LogP) is 3.23. The minimum atomic E-state index is 1.24. The Balaban J connectivity index is 2.58. The van der Waals surface area contributed by atoms with Crippen molar-refractivity contribution >= 4 is 15.9 Å². The van der Waals surface area contributed by atoms with Crippen LogP contribution in [0.5, 0.6) is 0 Å². The summed E-state index contributed by atoms with van der Waals surface area (Å²) >= 11 is 3.54. The second kappa shape index (κ2) is 2.67. The van der Waals surface area contributed by atoms with E-state index in [4.69, 9.17) is 0 Å². The highest BCUT2D eigenvalue weighted by atomic mass is 79.9.